The lowest BCUT2D eigenvalue weighted by atomic mass is 10.0. The molecule has 2 N–H and O–H groups in total. The molecule has 0 bridgehead atoms. The van der Waals surface area contributed by atoms with Gasteiger partial charge in [0.1, 0.15) is 5.76 Å². The molecule has 1 fully saturated rings. The molecular weight excluding hydrogens is 180 g/mol. The predicted octanol–water partition coefficient (Wildman–Crippen LogP) is 1.34. The zero-order valence-electron chi connectivity index (χ0n) is 8.45. The minimum Gasteiger partial charge on any atom is -0.445 e. The molecule has 78 valence electrons. The first-order chi connectivity index (χ1) is 6.81. The summed E-state index contributed by atoms with van der Waals surface area (Å²) in [5, 5.41) is 0. The maximum absolute atomic E-state index is 5.57. The lowest BCUT2D eigenvalue weighted by Gasteiger charge is -2.18. The zero-order chi connectivity index (χ0) is 9.97. The molecule has 1 aliphatic rings. The van der Waals surface area contributed by atoms with Crippen LogP contribution < -0.4 is 5.73 Å². The molecular formula is C10H16N2O2. The van der Waals surface area contributed by atoms with Crippen LogP contribution in [0.3, 0.4) is 0 Å². The molecule has 0 saturated carbocycles. The van der Waals surface area contributed by atoms with Gasteiger partial charge in [0.05, 0.1) is 18.2 Å². The molecule has 0 spiro atoms. The number of aryl methyl sites for hydroxylation is 1. The second-order valence-electron chi connectivity index (χ2n) is 3.67. The molecule has 0 aromatic carbocycles. The van der Waals surface area contributed by atoms with Gasteiger partial charge in [-0.3, -0.25) is 0 Å². The third kappa shape index (κ3) is 1.81. The standard InChI is InChI=1S/C10H16N2O2/c1-7-9(5-11)12-10(14-7)8-3-2-4-13-6-8/h8H,2-6,11H2,1H3. The maximum atomic E-state index is 5.57. The monoisotopic (exact) mass is 196 g/mol. The van der Waals surface area contributed by atoms with Gasteiger partial charge in [-0.1, -0.05) is 0 Å². The highest BCUT2D eigenvalue weighted by Crippen LogP contribution is 2.26. The van der Waals surface area contributed by atoms with E-state index in [1.165, 1.54) is 0 Å². The first kappa shape index (κ1) is 9.68. The molecule has 2 rings (SSSR count). The van der Waals surface area contributed by atoms with Crippen LogP contribution in [-0.4, -0.2) is 18.2 Å². The van der Waals surface area contributed by atoms with E-state index in [0.717, 1.165) is 43.4 Å². The quantitative estimate of drug-likeness (QED) is 0.775. The van der Waals surface area contributed by atoms with Crippen LogP contribution >= 0.6 is 0 Å². The summed E-state index contributed by atoms with van der Waals surface area (Å²) in [7, 11) is 0. The number of ether oxygens (including phenoxy) is 1. The van der Waals surface area contributed by atoms with Crippen molar-refractivity contribution in [3.05, 3.63) is 17.3 Å². The smallest absolute Gasteiger partial charge is 0.200 e. The predicted molar refractivity (Wildman–Crippen MR) is 51.9 cm³/mol. The Hall–Kier alpha value is -0.870. The van der Waals surface area contributed by atoms with Crippen LogP contribution in [0.15, 0.2) is 4.42 Å². The zero-order valence-corrected chi connectivity index (χ0v) is 8.45. The average molecular weight is 196 g/mol. The number of aromatic nitrogens is 1. The molecule has 0 aliphatic carbocycles. The van der Waals surface area contributed by atoms with Crippen LogP contribution in [0.25, 0.3) is 0 Å². The highest BCUT2D eigenvalue weighted by atomic mass is 16.5. The number of hydrogen-bond acceptors (Lipinski definition) is 4. The van der Waals surface area contributed by atoms with E-state index in [1.54, 1.807) is 0 Å². The molecule has 1 atom stereocenters. The highest BCUT2D eigenvalue weighted by Gasteiger charge is 2.21. The second-order valence-corrected chi connectivity index (χ2v) is 3.67. The van der Waals surface area contributed by atoms with Crippen LogP contribution in [0.1, 0.15) is 36.1 Å². The molecule has 1 aromatic heterocycles. The van der Waals surface area contributed by atoms with Gasteiger partial charge in [0.15, 0.2) is 5.89 Å². The fraction of sp³-hybridized carbons (Fsp3) is 0.700. The van der Waals surface area contributed by atoms with Crippen molar-refractivity contribution in [3.8, 4) is 0 Å². The Labute approximate surface area is 83.4 Å². The van der Waals surface area contributed by atoms with Crippen molar-refractivity contribution in [1.82, 2.24) is 4.98 Å². The molecule has 14 heavy (non-hydrogen) atoms. The first-order valence-corrected chi connectivity index (χ1v) is 5.05. The van der Waals surface area contributed by atoms with Gasteiger partial charge in [-0.2, -0.15) is 0 Å². The first-order valence-electron chi connectivity index (χ1n) is 5.05. The van der Waals surface area contributed by atoms with Gasteiger partial charge in [-0.05, 0) is 19.8 Å². The Bertz CT molecular complexity index is 303. The van der Waals surface area contributed by atoms with Gasteiger partial charge in [-0.15, -0.1) is 0 Å². The van der Waals surface area contributed by atoms with E-state index < -0.39 is 0 Å². The van der Waals surface area contributed by atoms with Gasteiger partial charge in [0.25, 0.3) is 0 Å². The van der Waals surface area contributed by atoms with Crippen LogP contribution in [-0.2, 0) is 11.3 Å². The van der Waals surface area contributed by atoms with Crippen molar-refractivity contribution in [2.24, 2.45) is 5.73 Å². The molecule has 4 nitrogen and oxygen atoms in total. The van der Waals surface area contributed by atoms with Crippen molar-refractivity contribution in [2.75, 3.05) is 13.2 Å². The summed E-state index contributed by atoms with van der Waals surface area (Å²) < 4.78 is 11.0. The van der Waals surface area contributed by atoms with E-state index in [4.69, 9.17) is 14.9 Å². The van der Waals surface area contributed by atoms with Crippen molar-refractivity contribution in [2.45, 2.75) is 32.2 Å². The van der Waals surface area contributed by atoms with Gasteiger partial charge < -0.3 is 14.9 Å². The fourth-order valence-electron chi connectivity index (χ4n) is 1.75. The van der Waals surface area contributed by atoms with E-state index in [2.05, 4.69) is 4.98 Å². The van der Waals surface area contributed by atoms with Crippen molar-refractivity contribution >= 4 is 0 Å². The molecule has 1 aliphatic heterocycles. The minimum absolute atomic E-state index is 0.322. The van der Waals surface area contributed by atoms with E-state index in [1.807, 2.05) is 6.92 Å². The van der Waals surface area contributed by atoms with Gasteiger partial charge >= 0.3 is 0 Å². The normalized spacial score (nSPS) is 22.6. The van der Waals surface area contributed by atoms with E-state index in [-0.39, 0.29) is 0 Å². The van der Waals surface area contributed by atoms with E-state index in [9.17, 15) is 0 Å². The second kappa shape index (κ2) is 4.11. The molecule has 0 radical (unpaired) electrons. The van der Waals surface area contributed by atoms with Crippen LogP contribution in [0, 0.1) is 6.92 Å². The van der Waals surface area contributed by atoms with Gasteiger partial charge in [-0.25, -0.2) is 4.98 Å². The Morgan fingerprint density at radius 1 is 1.57 bits per heavy atom. The topological polar surface area (TPSA) is 61.3 Å². The van der Waals surface area contributed by atoms with Crippen LogP contribution in [0.2, 0.25) is 0 Å². The van der Waals surface area contributed by atoms with Crippen molar-refractivity contribution in [3.63, 3.8) is 0 Å². The number of hydrogen-bond donors (Lipinski definition) is 1. The Morgan fingerprint density at radius 2 is 2.43 bits per heavy atom. The summed E-state index contributed by atoms with van der Waals surface area (Å²) in [4.78, 5) is 4.38. The molecule has 4 heteroatoms. The van der Waals surface area contributed by atoms with Crippen molar-refractivity contribution < 1.29 is 9.15 Å². The largest absolute Gasteiger partial charge is 0.445 e. The third-order valence-corrected chi connectivity index (χ3v) is 2.61. The Balaban J connectivity index is 2.14. The summed E-state index contributed by atoms with van der Waals surface area (Å²) >= 11 is 0. The average Bonchev–Trinajstić information content (AvgIpc) is 2.61. The van der Waals surface area contributed by atoms with Gasteiger partial charge in [0, 0.05) is 13.2 Å². The summed E-state index contributed by atoms with van der Waals surface area (Å²) in [5.41, 5.74) is 6.41. The number of nitrogens with zero attached hydrogens (tertiary/aromatic N) is 1. The molecule has 1 saturated heterocycles. The summed E-state index contributed by atoms with van der Waals surface area (Å²) in [5.74, 6) is 1.96. The Morgan fingerprint density at radius 3 is 3.00 bits per heavy atom. The van der Waals surface area contributed by atoms with E-state index in [0.29, 0.717) is 12.5 Å². The molecule has 2 heterocycles. The lowest BCUT2D eigenvalue weighted by molar-refractivity contribution is 0.0723. The lowest BCUT2D eigenvalue weighted by Crippen LogP contribution is -2.15. The highest BCUT2D eigenvalue weighted by molar-refractivity contribution is 5.10. The SMILES string of the molecule is Cc1oc(C2CCCOC2)nc1CN. The number of rotatable bonds is 2. The molecule has 1 aromatic rings. The number of oxazole rings is 1. The minimum atomic E-state index is 0.322. The number of nitrogens with two attached hydrogens (primary N) is 1. The summed E-state index contributed by atoms with van der Waals surface area (Å²) in [6.45, 7) is 3.94. The van der Waals surface area contributed by atoms with Gasteiger partial charge in [0.2, 0.25) is 0 Å². The Kier molecular flexibility index (Phi) is 2.84. The fourth-order valence-corrected chi connectivity index (χ4v) is 1.75. The van der Waals surface area contributed by atoms with Crippen molar-refractivity contribution in [1.29, 1.82) is 0 Å². The maximum Gasteiger partial charge on any atom is 0.200 e. The molecule has 0 amide bonds. The van der Waals surface area contributed by atoms with Crippen LogP contribution in [0.4, 0.5) is 0 Å². The molecule has 1 unspecified atom stereocenters. The summed E-state index contributed by atoms with van der Waals surface area (Å²) in [6, 6.07) is 0. The van der Waals surface area contributed by atoms with E-state index >= 15 is 0 Å². The third-order valence-electron chi connectivity index (χ3n) is 2.61. The van der Waals surface area contributed by atoms with Crippen LogP contribution in [0.5, 0.6) is 0 Å². The summed E-state index contributed by atoms with van der Waals surface area (Å²) in [6.07, 6.45) is 2.19.